The normalized spacial score (nSPS) is 11.1. The second kappa shape index (κ2) is 7.17. The van der Waals surface area contributed by atoms with Gasteiger partial charge in [-0.2, -0.15) is 0 Å². The number of benzene rings is 1. The summed E-state index contributed by atoms with van der Waals surface area (Å²) in [6.07, 6.45) is 0.810. The Hall–Kier alpha value is -1.71. The van der Waals surface area contributed by atoms with Crippen LogP contribution in [0.3, 0.4) is 0 Å². The number of carbonyl (C=O) groups excluding carboxylic acids is 1. The van der Waals surface area contributed by atoms with Gasteiger partial charge >= 0.3 is 6.03 Å². The zero-order valence-electron chi connectivity index (χ0n) is 13.2. The second-order valence-corrected chi connectivity index (χ2v) is 5.91. The van der Waals surface area contributed by atoms with E-state index >= 15 is 0 Å². The lowest BCUT2D eigenvalue weighted by Crippen LogP contribution is -2.46. The maximum atomic E-state index is 11.6. The Morgan fingerprint density at radius 2 is 2.00 bits per heavy atom. The van der Waals surface area contributed by atoms with E-state index < -0.39 is 0 Å². The number of aryl methyl sites for hydroxylation is 1. The molecule has 20 heavy (non-hydrogen) atoms. The van der Waals surface area contributed by atoms with Gasteiger partial charge in [0.2, 0.25) is 0 Å². The van der Waals surface area contributed by atoms with Crippen LogP contribution in [0.5, 0.6) is 5.75 Å². The summed E-state index contributed by atoms with van der Waals surface area (Å²) in [6.45, 7) is 11.2. The largest absolute Gasteiger partial charge is 0.494 e. The van der Waals surface area contributed by atoms with E-state index in [2.05, 4.69) is 16.7 Å². The minimum Gasteiger partial charge on any atom is -0.494 e. The van der Waals surface area contributed by atoms with Crippen LogP contribution in [0.4, 0.5) is 4.79 Å². The summed E-state index contributed by atoms with van der Waals surface area (Å²) in [6, 6.07) is 6.01. The van der Waals surface area contributed by atoms with Crippen LogP contribution in [0.15, 0.2) is 18.2 Å². The quantitative estimate of drug-likeness (QED) is 0.870. The molecule has 4 nitrogen and oxygen atoms in total. The molecule has 0 aliphatic rings. The van der Waals surface area contributed by atoms with E-state index in [4.69, 9.17) is 4.74 Å². The van der Waals surface area contributed by atoms with E-state index in [1.165, 1.54) is 5.56 Å². The van der Waals surface area contributed by atoms with Crippen molar-refractivity contribution in [1.82, 2.24) is 10.6 Å². The third-order valence-electron chi connectivity index (χ3n) is 2.73. The predicted octanol–water partition coefficient (Wildman–Crippen LogP) is 3.03. The third kappa shape index (κ3) is 5.95. The van der Waals surface area contributed by atoms with E-state index in [1.807, 2.05) is 46.8 Å². The number of amides is 2. The van der Waals surface area contributed by atoms with E-state index in [-0.39, 0.29) is 11.6 Å². The van der Waals surface area contributed by atoms with Crippen LogP contribution in [0.25, 0.3) is 0 Å². The van der Waals surface area contributed by atoms with Crippen molar-refractivity contribution in [3.63, 3.8) is 0 Å². The maximum Gasteiger partial charge on any atom is 0.315 e. The molecule has 0 saturated carbocycles. The first kappa shape index (κ1) is 16.3. The van der Waals surface area contributed by atoms with Crippen LogP contribution in [-0.2, 0) is 6.42 Å². The van der Waals surface area contributed by atoms with Crippen LogP contribution in [0.1, 0.15) is 38.8 Å². The van der Waals surface area contributed by atoms with E-state index in [0.717, 1.165) is 17.7 Å². The summed E-state index contributed by atoms with van der Waals surface area (Å²) in [7, 11) is 0. The molecule has 1 aromatic carbocycles. The Labute approximate surface area is 121 Å². The molecule has 4 heteroatoms. The Kier molecular flexibility index (Phi) is 5.86. The average Bonchev–Trinajstić information content (AvgIpc) is 2.30. The maximum absolute atomic E-state index is 11.6. The van der Waals surface area contributed by atoms with Gasteiger partial charge in [-0.3, -0.25) is 0 Å². The highest BCUT2D eigenvalue weighted by Crippen LogP contribution is 2.19. The highest BCUT2D eigenvalue weighted by atomic mass is 16.5. The number of ether oxygens (including phenoxy) is 1. The molecular formula is C16H26N2O2. The lowest BCUT2D eigenvalue weighted by molar-refractivity contribution is 0.232. The zero-order valence-corrected chi connectivity index (χ0v) is 13.2. The molecule has 0 atom stereocenters. The van der Waals surface area contributed by atoms with Crippen LogP contribution in [-0.4, -0.2) is 24.7 Å². The van der Waals surface area contributed by atoms with Gasteiger partial charge in [-0.1, -0.05) is 12.1 Å². The first-order valence-electron chi connectivity index (χ1n) is 7.10. The van der Waals surface area contributed by atoms with Crippen molar-refractivity contribution >= 4 is 6.03 Å². The minimum atomic E-state index is -0.209. The summed E-state index contributed by atoms with van der Waals surface area (Å²) < 4.78 is 5.51. The number of urea groups is 1. The molecule has 0 aliphatic heterocycles. The number of rotatable bonds is 5. The van der Waals surface area contributed by atoms with E-state index in [9.17, 15) is 4.79 Å². The number of hydrogen-bond donors (Lipinski definition) is 2. The van der Waals surface area contributed by atoms with Gasteiger partial charge in [0.1, 0.15) is 5.75 Å². The predicted molar refractivity (Wildman–Crippen MR) is 82.3 cm³/mol. The molecule has 1 rings (SSSR count). The summed E-state index contributed by atoms with van der Waals surface area (Å²) in [5, 5.41) is 5.74. The molecular weight excluding hydrogens is 252 g/mol. The third-order valence-corrected chi connectivity index (χ3v) is 2.73. The second-order valence-electron chi connectivity index (χ2n) is 5.91. The fourth-order valence-corrected chi connectivity index (χ4v) is 1.89. The van der Waals surface area contributed by atoms with Crippen LogP contribution in [0, 0.1) is 6.92 Å². The van der Waals surface area contributed by atoms with Crippen molar-refractivity contribution in [1.29, 1.82) is 0 Å². The van der Waals surface area contributed by atoms with Gasteiger partial charge in [0.15, 0.2) is 0 Å². The fourth-order valence-electron chi connectivity index (χ4n) is 1.89. The van der Waals surface area contributed by atoms with Crippen LogP contribution in [0.2, 0.25) is 0 Å². The number of carbonyl (C=O) groups is 1. The minimum absolute atomic E-state index is 0.125. The van der Waals surface area contributed by atoms with Crippen LogP contribution >= 0.6 is 0 Å². The first-order chi connectivity index (χ1) is 9.31. The molecule has 2 amide bonds. The number of hydrogen-bond acceptors (Lipinski definition) is 2. The zero-order chi connectivity index (χ0) is 15.2. The summed E-state index contributed by atoms with van der Waals surface area (Å²) in [4.78, 5) is 11.6. The van der Waals surface area contributed by atoms with Crippen molar-refractivity contribution in [2.45, 2.75) is 46.6 Å². The van der Waals surface area contributed by atoms with Gasteiger partial charge in [-0.05, 0) is 58.2 Å². The SMILES string of the molecule is CCOc1ccc(CCNC(=O)NC(C)(C)C)cc1C. The molecule has 0 fully saturated rings. The highest BCUT2D eigenvalue weighted by molar-refractivity contribution is 5.74. The molecule has 2 N–H and O–H groups in total. The van der Waals surface area contributed by atoms with Crippen LogP contribution < -0.4 is 15.4 Å². The standard InChI is InChI=1S/C16H26N2O2/c1-6-20-14-8-7-13(11-12(14)2)9-10-17-15(19)18-16(3,4)5/h7-8,11H,6,9-10H2,1-5H3,(H2,17,18,19). The summed E-state index contributed by atoms with van der Waals surface area (Å²) in [5.41, 5.74) is 2.12. The molecule has 0 radical (unpaired) electrons. The van der Waals surface area contributed by atoms with Gasteiger partial charge in [0.25, 0.3) is 0 Å². The molecule has 0 bridgehead atoms. The lowest BCUT2D eigenvalue weighted by atomic mass is 10.1. The van der Waals surface area contributed by atoms with Crippen molar-refractivity contribution in [2.24, 2.45) is 0 Å². The Bertz CT molecular complexity index is 450. The van der Waals surface area contributed by atoms with Gasteiger partial charge in [-0.15, -0.1) is 0 Å². The van der Waals surface area contributed by atoms with Crippen molar-refractivity contribution in [3.8, 4) is 5.75 Å². The van der Waals surface area contributed by atoms with Crippen molar-refractivity contribution in [2.75, 3.05) is 13.2 Å². The Morgan fingerprint density at radius 1 is 1.30 bits per heavy atom. The molecule has 0 aliphatic carbocycles. The molecule has 0 unspecified atom stereocenters. The van der Waals surface area contributed by atoms with Gasteiger partial charge in [0, 0.05) is 12.1 Å². The Balaban J connectivity index is 2.43. The van der Waals surface area contributed by atoms with Gasteiger partial charge < -0.3 is 15.4 Å². The molecule has 0 spiro atoms. The monoisotopic (exact) mass is 278 g/mol. The van der Waals surface area contributed by atoms with Gasteiger partial charge in [0.05, 0.1) is 6.61 Å². The molecule has 0 heterocycles. The molecule has 112 valence electrons. The molecule has 1 aromatic rings. The topological polar surface area (TPSA) is 50.4 Å². The van der Waals surface area contributed by atoms with Crippen molar-refractivity contribution < 1.29 is 9.53 Å². The van der Waals surface area contributed by atoms with E-state index in [1.54, 1.807) is 0 Å². The Morgan fingerprint density at radius 3 is 2.55 bits per heavy atom. The smallest absolute Gasteiger partial charge is 0.315 e. The number of nitrogens with one attached hydrogen (secondary N) is 2. The highest BCUT2D eigenvalue weighted by Gasteiger charge is 2.12. The van der Waals surface area contributed by atoms with Crippen molar-refractivity contribution in [3.05, 3.63) is 29.3 Å². The summed E-state index contributed by atoms with van der Waals surface area (Å²) in [5.74, 6) is 0.926. The van der Waals surface area contributed by atoms with Gasteiger partial charge in [-0.25, -0.2) is 4.79 Å². The first-order valence-corrected chi connectivity index (χ1v) is 7.10. The lowest BCUT2D eigenvalue weighted by Gasteiger charge is -2.20. The average molecular weight is 278 g/mol. The molecule has 0 aromatic heterocycles. The summed E-state index contributed by atoms with van der Waals surface area (Å²) >= 11 is 0. The fraction of sp³-hybridized carbons (Fsp3) is 0.562. The molecule has 0 saturated heterocycles. The van der Waals surface area contributed by atoms with E-state index in [0.29, 0.717) is 13.2 Å².